The van der Waals surface area contributed by atoms with Gasteiger partial charge in [-0.3, -0.25) is 9.48 Å². The molecule has 2 N–H and O–H groups in total. The predicted octanol–water partition coefficient (Wildman–Crippen LogP) is 3.09. The molecule has 0 spiro atoms. The highest BCUT2D eigenvalue weighted by atomic mass is 35.5. The topological polar surface area (TPSA) is 67.2 Å². The molecule has 21 heavy (non-hydrogen) atoms. The largest absolute Gasteiger partial charge is 0.480 e. The van der Waals surface area contributed by atoms with Gasteiger partial charge >= 0.3 is 5.97 Å². The van der Waals surface area contributed by atoms with E-state index in [0.717, 1.165) is 37.2 Å². The summed E-state index contributed by atoms with van der Waals surface area (Å²) in [7, 11) is 0. The van der Waals surface area contributed by atoms with Crippen molar-refractivity contribution < 1.29 is 9.90 Å². The minimum absolute atomic E-state index is 0.0883. The number of rotatable bonds is 5. The number of aliphatic carboxylic acids is 1. The normalized spacial score (nSPS) is 26.0. The van der Waals surface area contributed by atoms with Crippen LogP contribution in [0, 0.1) is 13.8 Å². The standard InChI is InChI=1S/C15H24ClN3O2/c1-4-8-17-15(14(20)21)7-5-6-12(9-15)19-11(3)13(16)10(2)18-19/h12,17H,4-9H2,1-3H3,(H,20,21). The van der Waals surface area contributed by atoms with Crippen molar-refractivity contribution >= 4 is 17.6 Å². The first kappa shape index (κ1) is 16.3. The minimum Gasteiger partial charge on any atom is -0.480 e. The van der Waals surface area contributed by atoms with Gasteiger partial charge in [0.25, 0.3) is 0 Å². The molecule has 118 valence electrons. The van der Waals surface area contributed by atoms with E-state index in [2.05, 4.69) is 10.4 Å². The maximum absolute atomic E-state index is 11.8. The van der Waals surface area contributed by atoms with Crippen LogP contribution in [0.4, 0.5) is 0 Å². The third-order valence-electron chi connectivity index (χ3n) is 4.43. The fraction of sp³-hybridized carbons (Fsp3) is 0.733. The van der Waals surface area contributed by atoms with Gasteiger partial charge in [0, 0.05) is 0 Å². The molecular weight excluding hydrogens is 290 g/mol. The molecule has 0 radical (unpaired) electrons. The summed E-state index contributed by atoms with van der Waals surface area (Å²) in [4.78, 5) is 11.8. The summed E-state index contributed by atoms with van der Waals surface area (Å²) < 4.78 is 1.92. The van der Waals surface area contributed by atoms with Gasteiger partial charge in [-0.15, -0.1) is 0 Å². The molecule has 1 heterocycles. The zero-order chi connectivity index (χ0) is 15.6. The van der Waals surface area contributed by atoms with Gasteiger partial charge in [0.05, 0.1) is 22.5 Å². The maximum atomic E-state index is 11.8. The molecule has 2 unspecified atom stereocenters. The quantitative estimate of drug-likeness (QED) is 0.876. The average molecular weight is 314 g/mol. The van der Waals surface area contributed by atoms with Gasteiger partial charge < -0.3 is 10.4 Å². The first-order chi connectivity index (χ1) is 9.91. The number of nitrogens with zero attached hydrogens (tertiary/aromatic N) is 2. The smallest absolute Gasteiger partial charge is 0.323 e. The van der Waals surface area contributed by atoms with E-state index in [4.69, 9.17) is 11.6 Å². The van der Waals surface area contributed by atoms with Crippen LogP contribution in [0.3, 0.4) is 0 Å². The number of hydrogen-bond acceptors (Lipinski definition) is 3. The summed E-state index contributed by atoms with van der Waals surface area (Å²) in [5, 5.41) is 18.1. The van der Waals surface area contributed by atoms with Crippen molar-refractivity contribution in [1.29, 1.82) is 0 Å². The van der Waals surface area contributed by atoms with Crippen LogP contribution in [0.1, 0.15) is 56.5 Å². The van der Waals surface area contributed by atoms with Crippen LogP contribution in [0.25, 0.3) is 0 Å². The Morgan fingerprint density at radius 3 is 2.81 bits per heavy atom. The van der Waals surface area contributed by atoms with Crippen LogP contribution in [0.5, 0.6) is 0 Å². The first-order valence-corrected chi connectivity index (χ1v) is 7.98. The number of aryl methyl sites for hydroxylation is 1. The zero-order valence-electron chi connectivity index (χ0n) is 12.9. The molecule has 0 saturated heterocycles. The number of nitrogens with one attached hydrogen (secondary N) is 1. The van der Waals surface area contributed by atoms with E-state index in [1.54, 1.807) is 0 Å². The van der Waals surface area contributed by atoms with Crippen molar-refractivity contribution in [2.45, 2.75) is 64.5 Å². The fourth-order valence-electron chi connectivity index (χ4n) is 3.25. The molecule has 2 rings (SSSR count). The van der Waals surface area contributed by atoms with Crippen molar-refractivity contribution in [3.05, 3.63) is 16.4 Å². The van der Waals surface area contributed by atoms with E-state index in [1.165, 1.54) is 0 Å². The summed E-state index contributed by atoms with van der Waals surface area (Å²) >= 11 is 6.22. The molecule has 6 heteroatoms. The lowest BCUT2D eigenvalue weighted by molar-refractivity contribution is -0.147. The highest BCUT2D eigenvalue weighted by Crippen LogP contribution is 2.37. The van der Waals surface area contributed by atoms with Crippen LogP contribution < -0.4 is 5.32 Å². The van der Waals surface area contributed by atoms with Crippen molar-refractivity contribution in [1.82, 2.24) is 15.1 Å². The fourth-order valence-corrected chi connectivity index (χ4v) is 3.37. The van der Waals surface area contributed by atoms with Crippen molar-refractivity contribution in [2.75, 3.05) is 6.54 Å². The van der Waals surface area contributed by atoms with Gasteiger partial charge in [-0.1, -0.05) is 18.5 Å². The Balaban J connectivity index is 2.26. The third kappa shape index (κ3) is 3.09. The van der Waals surface area contributed by atoms with E-state index >= 15 is 0 Å². The summed E-state index contributed by atoms with van der Waals surface area (Å²) in [6.45, 7) is 6.59. The van der Waals surface area contributed by atoms with Gasteiger partial charge in [0.15, 0.2) is 0 Å². The van der Waals surface area contributed by atoms with Crippen LogP contribution in [-0.4, -0.2) is 32.9 Å². The second-order valence-corrected chi connectivity index (χ2v) is 6.37. The van der Waals surface area contributed by atoms with Crippen LogP contribution in [-0.2, 0) is 4.79 Å². The van der Waals surface area contributed by atoms with Crippen LogP contribution in [0.15, 0.2) is 0 Å². The number of carboxylic acids is 1. The van der Waals surface area contributed by atoms with Crippen LogP contribution in [0.2, 0.25) is 5.02 Å². The van der Waals surface area contributed by atoms with Crippen molar-refractivity contribution in [3.8, 4) is 0 Å². The Kier molecular flexibility index (Phi) is 4.94. The summed E-state index contributed by atoms with van der Waals surface area (Å²) in [5.41, 5.74) is 0.899. The molecule has 0 aromatic carbocycles. The average Bonchev–Trinajstić information content (AvgIpc) is 2.73. The highest BCUT2D eigenvalue weighted by Gasteiger charge is 2.43. The SMILES string of the molecule is CCCNC1(C(=O)O)CCCC(n2nc(C)c(Cl)c2C)C1. The number of carbonyl (C=O) groups is 1. The van der Waals surface area contributed by atoms with Crippen LogP contribution >= 0.6 is 11.6 Å². The molecule has 0 amide bonds. The van der Waals surface area contributed by atoms with E-state index in [1.807, 2.05) is 25.5 Å². The number of hydrogen-bond donors (Lipinski definition) is 2. The van der Waals surface area contributed by atoms with Gasteiger partial charge in [-0.2, -0.15) is 5.10 Å². The van der Waals surface area contributed by atoms with Gasteiger partial charge in [-0.05, 0) is 52.5 Å². The number of carboxylic acid groups (broad SMARTS) is 1. The molecular formula is C15H24ClN3O2. The van der Waals surface area contributed by atoms with Gasteiger partial charge in [0.2, 0.25) is 0 Å². The Labute approximate surface area is 130 Å². The molecule has 1 aliphatic rings. The summed E-state index contributed by atoms with van der Waals surface area (Å²) in [5.74, 6) is -0.756. The Morgan fingerprint density at radius 2 is 2.29 bits per heavy atom. The zero-order valence-corrected chi connectivity index (χ0v) is 13.7. The highest BCUT2D eigenvalue weighted by molar-refractivity contribution is 6.31. The van der Waals surface area contributed by atoms with Gasteiger partial charge in [0.1, 0.15) is 5.54 Å². The van der Waals surface area contributed by atoms with Crippen molar-refractivity contribution in [3.63, 3.8) is 0 Å². The number of halogens is 1. The maximum Gasteiger partial charge on any atom is 0.323 e. The monoisotopic (exact) mass is 313 g/mol. The summed E-state index contributed by atoms with van der Waals surface area (Å²) in [6.07, 6.45) is 3.97. The second kappa shape index (κ2) is 6.36. The second-order valence-electron chi connectivity index (χ2n) is 5.99. The third-order valence-corrected chi connectivity index (χ3v) is 4.98. The molecule has 1 aromatic heterocycles. The van der Waals surface area contributed by atoms with E-state index in [-0.39, 0.29) is 6.04 Å². The van der Waals surface area contributed by atoms with E-state index in [9.17, 15) is 9.90 Å². The minimum atomic E-state index is -0.836. The lowest BCUT2D eigenvalue weighted by Gasteiger charge is -2.38. The lowest BCUT2D eigenvalue weighted by Crippen LogP contribution is -2.55. The molecule has 1 saturated carbocycles. The molecule has 1 aromatic rings. The number of aromatic nitrogens is 2. The molecule has 1 aliphatic carbocycles. The van der Waals surface area contributed by atoms with Gasteiger partial charge in [-0.25, -0.2) is 0 Å². The first-order valence-electron chi connectivity index (χ1n) is 7.61. The molecule has 0 aliphatic heterocycles. The van der Waals surface area contributed by atoms with Crippen molar-refractivity contribution in [2.24, 2.45) is 0 Å². The Bertz CT molecular complexity index is 529. The van der Waals surface area contributed by atoms with E-state index < -0.39 is 11.5 Å². The van der Waals surface area contributed by atoms with E-state index in [0.29, 0.717) is 17.9 Å². The Morgan fingerprint density at radius 1 is 1.57 bits per heavy atom. The Hall–Kier alpha value is -1.07. The lowest BCUT2D eigenvalue weighted by atomic mass is 9.78. The summed E-state index contributed by atoms with van der Waals surface area (Å²) in [6, 6.07) is 0.0883. The molecule has 5 nitrogen and oxygen atoms in total. The molecule has 2 atom stereocenters. The predicted molar refractivity (Wildman–Crippen MR) is 82.9 cm³/mol. The molecule has 1 fully saturated rings. The molecule has 0 bridgehead atoms.